The molecule has 2 unspecified atom stereocenters. The fourth-order valence-electron chi connectivity index (χ4n) is 3.49. The molecule has 1 N–H and O–H groups in total. The van der Waals surface area contributed by atoms with Gasteiger partial charge >= 0.3 is 0 Å². The number of anilines is 2. The molecule has 1 aliphatic rings. The molecule has 7 heteroatoms. The minimum atomic E-state index is -0.829. The van der Waals surface area contributed by atoms with Crippen molar-refractivity contribution in [3.05, 3.63) is 95.3 Å². The summed E-state index contributed by atoms with van der Waals surface area (Å²) in [5, 5.41) is 1.62. The van der Waals surface area contributed by atoms with Gasteiger partial charge in [0, 0.05) is 5.69 Å². The number of halogens is 2. The molecule has 0 radical (unpaired) electrons. The second-order valence-corrected chi connectivity index (χ2v) is 8.77. The maximum atomic E-state index is 14.5. The third-order valence-electron chi connectivity index (χ3n) is 4.99. The first-order valence-corrected chi connectivity index (χ1v) is 11.2. The molecule has 1 saturated heterocycles. The van der Waals surface area contributed by atoms with Crippen LogP contribution in [-0.4, -0.2) is 17.6 Å². The fraction of sp³-hybridized carbons (Fsp3) is 0.167. The molecule has 1 fully saturated rings. The van der Waals surface area contributed by atoms with Crippen molar-refractivity contribution >= 4 is 46.6 Å². The number of aryl methyl sites for hydroxylation is 1. The molecule has 2 atom stereocenters. The topological polar surface area (TPSA) is 49.4 Å². The van der Waals surface area contributed by atoms with Gasteiger partial charge in [0.15, 0.2) is 0 Å². The summed E-state index contributed by atoms with van der Waals surface area (Å²) in [7, 11) is 0. The number of amides is 2. The molecule has 4 rings (SSSR count). The Labute approximate surface area is 189 Å². The van der Waals surface area contributed by atoms with Crippen LogP contribution in [0.25, 0.3) is 0 Å². The summed E-state index contributed by atoms with van der Waals surface area (Å²) in [4.78, 5) is 26.7. The first-order valence-electron chi connectivity index (χ1n) is 9.73. The highest BCUT2D eigenvalue weighted by molar-refractivity contribution is 8.00. The van der Waals surface area contributed by atoms with E-state index < -0.39 is 11.2 Å². The van der Waals surface area contributed by atoms with E-state index in [1.165, 1.54) is 22.7 Å². The summed E-state index contributed by atoms with van der Waals surface area (Å²) in [6.45, 7) is 1.86. The molecule has 3 aromatic carbocycles. The van der Waals surface area contributed by atoms with Crippen LogP contribution in [0.5, 0.6) is 0 Å². The molecule has 2 amide bonds. The molecule has 1 heterocycles. The molecule has 31 heavy (non-hydrogen) atoms. The number of nitrogens with zero attached hydrogens (tertiary/aromatic N) is 1. The quantitative estimate of drug-likeness (QED) is 0.493. The normalized spacial score (nSPS) is 16.9. The second-order valence-electron chi connectivity index (χ2n) is 7.27. The Hall–Kier alpha value is -2.83. The van der Waals surface area contributed by atoms with Gasteiger partial charge in [-0.3, -0.25) is 14.5 Å². The van der Waals surface area contributed by atoms with E-state index >= 15 is 0 Å². The highest BCUT2D eigenvalue weighted by atomic mass is 35.5. The summed E-state index contributed by atoms with van der Waals surface area (Å²) in [6.07, 6.45) is 0. The van der Waals surface area contributed by atoms with E-state index in [-0.39, 0.29) is 28.6 Å². The zero-order valence-corrected chi connectivity index (χ0v) is 18.3. The number of thioether (sulfide) groups is 1. The van der Waals surface area contributed by atoms with Gasteiger partial charge in [0.25, 0.3) is 0 Å². The maximum Gasteiger partial charge on any atom is 0.246 e. The summed E-state index contributed by atoms with van der Waals surface area (Å²) in [6, 6.07) is 21.0. The van der Waals surface area contributed by atoms with E-state index in [0.29, 0.717) is 11.3 Å². The molecular formula is C24H20ClFN2O2S. The maximum absolute atomic E-state index is 14.5. The lowest BCUT2D eigenvalue weighted by Gasteiger charge is -2.25. The Morgan fingerprint density at radius 1 is 1.13 bits per heavy atom. The highest BCUT2D eigenvalue weighted by Crippen LogP contribution is 2.43. The molecule has 4 nitrogen and oxygen atoms in total. The Bertz CT molecular complexity index is 1130. The molecule has 0 aromatic heterocycles. The highest BCUT2D eigenvalue weighted by Gasteiger charge is 2.35. The van der Waals surface area contributed by atoms with Gasteiger partial charge < -0.3 is 5.32 Å². The smallest absolute Gasteiger partial charge is 0.246 e. The van der Waals surface area contributed by atoms with Crippen LogP contribution in [0.4, 0.5) is 15.8 Å². The van der Waals surface area contributed by atoms with Gasteiger partial charge in [-0.05, 0) is 47.9 Å². The van der Waals surface area contributed by atoms with Crippen molar-refractivity contribution in [3.8, 4) is 0 Å². The summed E-state index contributed by atoms with van der Waals surface area (Å²) in [5.74, 6) is -0.684. The summed E-state index contributed by atoms with van der Waals surface area (Å²) < 4.78 is 14.5. The van der Waals surface area contributed by atoms with Crippen molar-refractivity contribution in [2.75, 3.05) is 16.0 Å². The molecule has 158 valence electrons. The second kappa shape index (κ2) is 9.12. The zero-order valence-electron chi connectivity index (χ0n) is 16.7. The van der Waals surface area contributed by atoms with Gasteiger partial charge in [0.1, 0.15) is 16.6 Å². The van der Waals surface area contributed by atoms with Crippen molar-refractivity contribution in [2.45, 2.75) is 17.7 Å². The first-order chi connectivity index (χ1) is 14.9. The van der Waals surface area contributed by atoms with Gasteiger partial charge in [0.2, 0.25) is 11.8 Å². The van der Waals surface area contributed by atoms with Crippen LogP contribution in [-0.2, 0) is 9.59 Å². The van der Waals surface area contributed by atoms with E-state index in [1.807, 2.05) is 31.2 Å². The Balaban J connectivity index is 1.58. The van der Waals surface area contributed by atoms with Crippen molar-refractivity contribution in [1.29, 1.82) is 0 Å². The van der Waals surface area contributed by atoms with Crippen LogP contribution < -0.4 is 10.2 Å². The van der Waals surface area contributed by atoms with E-state index in [2.05, 4.69) is 5.32 Å². The van der Waals surface area contributed by atoms with Crippen LogP contribution in [0.2, 0.25) is 0 Å². The molecule has 3 aromatic rings. The molecule has 0 bridgehead atoms. The van der Waals surface area contributed by atoms with Crippen molar-refractivity contribution in [2.24, 2.45) is 0 Å². The van der Waals surface area contributed by atoms with Crippen LogP contribution in [0, 0.1) is 12.7 Å². The van der Waals surface area contributed by atoms with Gasteiger partial charge in [-0.2, -0.15) is 0 Å². The van der Waals surface area contributed by atoms with Gasteiger partial charge in [-0.1, -0.05) is 48.5 Å². The van der Waals surface area contributed by atoms with Crippen LogP contribution in [0.15, 0.2) is 72.8 Å². The molecular weight excluding hydrogens is 435 g/mol. The lowest BCUT2D eigenvalue weighted by atomic mass is 10.1. The third-order valence-corrected chi connectivity index (χ3v) is 6.65. The van der Waals surface area contributed by atoms with Gasteiger partial charge in [-0.25, -0.2) is 4.39 Å². The van der Waals surface area contributed by atoms with Crippen LogP contribution in [0.3, 0.4) is 0 Å². The number of alkyl halides is 1. The number of hydrogen-bond donors (Lipinski definition) is 1. The predicted molar refractivity (Wildman–Crippen MR) is 124 cm³/mol. The number of carbonyl (C=O) groups excluding carboxylic acids is 2. The lowest BCUT2D eigenvalue weighted by Crippen LogP contribution is -2.28. The molecule has 0 aliphatic carbocycles. The van der Waals surface area contributed by atoms with E-state index in [1.54, 1.807) is 42.5 Å². The zero-order chi connectivity index (χ0) is 22.0. The number of benzene rings is 3. The number of carbonyl (C=O) groups is 2. The number of nitrogens with one attached hydrogen (secondary N) is 1. The standard InChI is InChI=1S/C24H20ClFN2O2S/c1-15-10-11-19(26)20(12-15)28-21(29)14-31-24(28)17-8-5-9-18(13-17)27-23(30)22(25)16-6-3-2-4-7-16/h2-13,22,24H,14H2,1H3,(H,27,30). The van der Waals surface area contributed by atoms with E-state index in [9.17, 15) is 14.0 Å². The van der Waals surface area contributed by atoms with Crippen molar-refractivity contribution < 1.29 is 14.0 Å². The SMILES string of the molecule is Cc1ccc(F)c(N2C(=O)CSC2c2cccc(NC(=O)C(Cl)c3ccccc3)c2)c1. The van der Waals surface area contributed by atoms with Crippen LogP contribution >= 0.6 is 23.4 Å². The largest absolute Gasteiger partial charge is 0.324 e. The lowest BCUT2D eigenvalue weighted by molar-refractivity contribution is -0.116. The van der Waals surface area contributed by atoms with Crippen LogP contribution in [0.1, 0.15) is 27.4 Å². The summed E-state index contributed by atoms with van der Waals surface area (Å²) >= 11 is 7.74. The molecule has 0 saturated carbocycles. The predicted octanol–water partition coefficient (Wildman–Crippen LogP) is 5.83. The molecule has 1 aliphatic heterocycles. The van der Waals surface area contributed by atoms with Crippen molar-refractivity contribution in [3.63, 3.8) is 0 Å². The third kappa shape index (κ3) is 4.60. The van der Waals surface area contributed by atoms with E-state index in [4.69, 9.17) is 11.6 Å². The van der Waals surface area contributed by atoms with Gasteiger partial charge in [0.05, 0.1) is 11.4 Å². The van der Waals surface area contributed by atoms with E-state index in [0.717, 1.165) is 11.1 Å². The Morgan fingerprint density at radius 2 is 1.90 bits per heavy atom. The Kier molecular flexibility index (Phi) is 6.30. The average Bonchev–Trinajstić information content (AvgIpc) is 3.17. The number of hydrogen-bond acceptors (Lipinski definition) is 3. The monoisotopic (exact) mass is 454 g/mol. The minimum absolute atomic E-state index is 0.154. The summed E-state index contributed by atoms with van der Waals surface area (Å²) in [5.41, 5.74) is 3.19. The minimum Gasteiger partial charge on any atom is -0.324 e. The first kappa shape index (κ1) is 21.4. The van der Waals surface area contributed by atoms with Gasteiger partial charge in [-0.15, -0.1) is 23.4 Å². The number of rotatable bonds is 5. The molecule has 0 spiro atoms. The van der Waals surface area contributed by atoms with Crippen molar-refractivity contribution in [1.82, 2.24) is 0 Å². The Morgan fingerprint density at radius 3 is 2.68 bits per heavy atom. The fourth-order valence-corrected chi connectivity index (χ4v) is 4.85. The average molecular weight is 455 g/mol.